The van der Waals surface area contributed by atoms with Gasteiger partial charge in [-0.25, -0.2) is 0 Å². The van der Waals surface area contributed by atoms with Crippen LogP contribution >= 0.6 is 0 Å². The summed E-state index contributed by atoms with van der Waals surface area (Å²) in [4.78, 5) is 11.7. The van der Waals surface area contributed by atoms with Gasteiger partial charge in [0.05, 0.1) is 0 Å². The Bertz CT molecular complexity index is 232. The second-order valence-corrected chi connectivity index (χ2v) is 6.18. The lowest BCUT2D eigenvalue weighted by Crippen LogP contribution is -2.20. The van der Waals surface area contributed by atoms with Gasteiger partial charge in [0.2, 0.25) is 0 Å². The monoisotopic (exact) mass is 281 g/mol. The summed E-state index contributed by atoms with van der Waals surface area (Å²) in [5.74, 6) is 0.0346. The van der Waals surface area contributed by atoms with Crippen LogP contribution in [0.4, 0.5) is 0 Å². The number of hydrogen-bond acceptors (Lipinski definition) is 2. The van der Waals surface area contributed by atoms with Crippen LogP contribution < -0.4 is 0 Å². The van der Waals surface area contributed by atoms with Gasteiger partial charge in [-0.1, -0.05) is 64.7 Å². The summed E-state index contributed by atoms with van der Waals surface area (Å²) in [6, 6.07) is 0. The fourth-order valence-corrected chi connectivity index (χ4v) is 2.93. The molecule has 1 rings (SSSR count). The second kappa shape index (κ2) is 12.2. The van der Waals surface area contributed by atoms with Gasteiger partial charge in [-0.05, 0) is 32.1 Å². The smallest absolute Gasteiger partial charge is 0.306 e. The van der Waals surface area contributed by atoms with E-state index in [1.54, 1.807) is 0 Å². The first-order chi connectivity index (χ1) is 9.83. The van der Waals surface area contributed by atoms with Crippen LogP contribution in [0.25, 0.3) is 0 Å². The molecule has 2 nitrogen and oxygen atoms in total. The molecule has 0 aliphatic heterocycles. The normalized spacial score (nSPS) is 16.2. The third kappa shape index (κ3) is 9.39. The SMILES string of the molecule is [CH2]CCCCCCCCCCC(=O)OC1CCCCC1. The van der Waals surface area contributed by atoms with E-state index in [4.69, 9.17) is 4.74 Å². The van der Waals surface area contributed by atoms with E-state index < -0.39 is 0 Å². The van der Waals surface area contributed by atoms with Crippen LogP contribution in [0, 0.1) is 6.92 Å². The van der Waals surface area contributed by atoms with Crippen molar-refractivity contribution in [3.05, 3.63) is 6.92 Å². The number of carbonyl (C=O) groups is 1. The minimum atomic E-state index is 0.0346. The molecule has 0 amide bonds. The fourth-order valence-electron chi connectivity index (χ4n) is 2.93. The van der Waals surface area contributed by atoms with Crippen molar-refractivity contribution in [1.82, 2.24) is 0 Å². The van der Waals surface area contributed by atoms with E-state index in [1.165, 1.54) is 64.2 Å². The van der Waals surface area contributed by atoms with Crippen LogP contribution in [0.2, 0.25) is 0 Å². The van der Waals surface area contributed by atoms with Crippen molar-refractivity contribution in [2.75, 3.05) is 0 Å². The molecule has 1 aliphatic carbocycles. The molecule has 1 saturated carbocycles. The maximum atomic E-state index is 11.7. The molecule has 1 radical (unpaired) electrons. The highest BCUT2D eigenvalue weighted by atomic mass is 16.5. The van der Waals surface area contributed by atoms with Gasteiger partial charge in [-0.15, -0.1) is 0 Å². The number of carbonyl (C=O) groups excluding carboxylic acids is 1. The number of hydrogen-bond donors (Lipinski definition) is 0. The molecule has 0 saturated heterocycles. The van der Waals surface area contributed by atoms with Gasteiger partial charge < -0.3 is 4.74 Å². The third-order valence-electron chi connectivity index (χ3n) is 4.23. The molecule has 117 valence electrons. The average molecular weight is 281 g/mol. The fraction of sp³-hybridized carbons (Fsp3) is 0.889. The maximum Gasteiger partial charge on any atom is 0.306 e. The molecule has 2 heteroatoms. The van der Waals surface area contributed by atoms with Crippen molar-refractivity contribution in [2.45, 2.75) is 102 Å². The van der Waals surface area contributed by atoms with Crippen molar-refractivity contribution in [1.29, 1.82) is 0 Å². The Morgan fingerprint density at radius 3 is 2.00 bits per heavy atom. The number of unbranched alkanes of at least 4 members (excludes halogenated alkanes) is 8. The van der Waals surface area contributed by atoms with Crippen molar-refractivity contribution < 1.29 is 9.53 Å². The lowest BCUT2D eigenvalue weighted by Gasteiger charge is -2.21. The Labute approximate surface area is 125 Å². The highest BCUT2D eigenvalue weighted by Gasteiger charge is 2.17. The van der Waals surface area contributed by atoms with Crippen molar-refractivity contribution >= 4 is 5.97 Å². The molecule has 0 unspecified atom stereocenters. The molecular weight excluding hydrogens is 248 g/mol. The first-order valence-corrected chi connectivity index (χ1v) is 8.81. The quantitative estimate of drug-likeness (QED) is 0.364. The van der Waals surface area contributed by atoms with Crippen molar-refractivity contribution in [3.8, 4) is 0 Å². The van der Waals surface area contributed by atoms with Crippen LogP contribution in [0.1, 0.15) is 96.3 Å². The zero-order chi connectivity index (χ0) is 14.5. The molecule has 0 aromatic carbocycles. The Morgan fingerprint density at radius 1 is 0.850 bits per heavy atom. The molecule has 0 aromatic rings. The van der Waals surface area contributed by atoms with E-state index in [0.717, 1.165) is 25.7 Å². The molecule has 0 spiro atoms. The third-order valence-corrected chi connectivity index (χ3v) is 4.23. The first-order valence-electron chi connectivity index (χ1n) is 8.81. The molecule has 0 bridgehead atoms. The van der Waals surface area contributed by atoms with Gasteiger partial charge in [-0.3, -0.25) is 4.79 Å². The van der Waals surface area contributed by atoms with E-state index in [2.05, 4.69) is 6.92 Å². The van der Waals surface area contributed by atoms with Crippen LogP contribution in [0.3, 0.4) is 0 Å². The molecule has 0 aromatic heterocycles. The zero-order valence-corrected chi connectivity index (χ0v) is 13.2. The highest BCUT2D eigenvalue weighted by molar-refractivity contribution is 5.69. The van der Waals surface area contributed by atoms with Gasteiger partial charge in [0.1, 0.15) is 6.10 Å². The Kier molecular flexibility index (Phi) is 10.7. The Hall–Kier alpha value is -0.530. The van der Waals surface area contributed by atoms with E-state index >= 15 is 0 Å². The Morgan fingerprint density at radius 2 is 1.40 bits per heavy atom. The lowest BCUT2D eigenvalue weighted by atomic mass is 9.98. The largest absolute Gasteiger partial charge is 0.462 e. The molecule has 0 heterocycles. The van der Waals surface area contributed by atoms with Crippen molar-refractivity contribution in [3.63, 3.8) is 0 Å². The molecule has 20 heavy (non-hydrogen) atoms. The summed E-state index contributed by atoms with van der Waals surface area (Å²) in [7, 11) is 0. The maximum absolute atomic E-state index is 11.7. The van der Waals surface area contributed by atoms with E-state index in [1.807, 2.05) is 0 Å². The number of ether oxygens (including phenoxy) is 1. The van der Waals surface area contributed by atoms with Crippen LogP contribution in [-0.2, 0) is 9.53 Å². The molecule has 0 N–H and O–H groups in total. The average Bonchev–Trinajstić information content (AvgIpc) is 2.46. The Balaban J connectivity index is 1.84. The molecule has 1 fully saturated rings. The van der Waals surface area contributed by atoms with Gasteiger partial charge >= 0.3 is 5.97 Å². The van der Waals surface area contributed by atoms with E-state index in [-0.39, 0.29) is 12.1 Å². The van der Waals surface area contributed by atoms with Gasteiger partial charge in [0.25, 0.3) is 0 Å². The van der Waals surface area contributed by atoms with E-state index in [9.17, 15) is 4.79 Å². The minimum absolute atomic E-state index is 0.0346. The summed E-state index contributed by atoms with van der Waals surface area (Å²) in [5.41, 5.74) is 0. The summed E-state index contributed by atoms with van der Waals surface area (Å²) in [5, 5.41) is 0. The second-order valence-electron chi connectivity index (χ2n) is 6.18. The summed E-state index contributed by atoms with van der Waals surface area (Å²) in [6.45, 7) is 3.86. The predicted molar refractivity (Wildman–Crippen MR) is 84.5 cm³/mol. The number of esters is 1. The standard InChI is InChI=1S/C18H33O2/c1-2-3-4-5-6-7-8-9-13-16-18(19)20-17-14-11-10-12-15-17/h17H,1-16H2. The van der Waals surface area contributed by atoms with Gasteiger partial charge in [0.15, 0.2) is 0 Å². The van der Waals surface area contributed by atoms with Gasteiger partial charge in [0, 0.05) is 6.42 Å². The lowest BCUT2D eigenvalue weighted by molar-refractivity contribution is -0.150. The topological polar surface area (TPSA) is 26.3 Å². The van der Waals surface area contributed by atoms with Gasteiger partial charge in [-0.2, -0.15) is 0 Å². The summed E-state index contributed by atoms with van der Waals surface area (Å²) >= 11 is 0. The van der Waals surface area contributed by atoms with Crippen molar-refractivity contribution in [2.24, 2.45) is 0 Å². The van der Waals surface area contributed by atoms with E-state index in [0.29, 0.717) is 6.42 Å². The molecule has 0 atom stereocenters. The highest BCUT2D eigenvalue weighted by Crippen LogP contribution is 2.21. The summed E-state index contributed by atoms with van der Waals surface area (Å²) in [6.07, 6.45) is 17.9. The predicted octanol–water partition coefficient (Wildman–Crippen LogP) is 5.60. The minimum Gasteiger partial charge on any atom is -0.462 e. The summed E-state index contributed by atoms with van der Waals surface area (Å²) < 4.78 is 5.52. The van der Waals surface area contributed by atoms with Crippen LogP contribution in [0.5, 0.6) is 0 Å². The first kappa shape index (κ1) is 17.5. The molecular formula is C18H33O2. The zero-order valence-electron chi connectivity index (χ0n) is 13.2. The molecule has 1 aliphatic rings. The van der Waals surface area contributed by atoms with Crippen LogP contribution in [0.15, 0.2) is 0 Å². The number of rotatable bonds is 11. The van der Waals surface area contributed by atoms with Crippen LogP contribution in [-0.4, -0.2) is 12.1 Å².